The van der Waals surface area contributed by atoms with Crippen LogP contribution in [0.5, 0.6) is 5.75 Å². The van der Waals surface area contributed by atoms with E-state index in [0.29, 0.717) is 5.56 Å². The molecule has 1 atom stereocenters. The lowest BCUT2D eigenvalue weighted by Crippen LogP contribution is -2.36. The van der Waals surface area contributed by atoms with Gasteiger partial charge in [0.1, 0.15) is 11.6 Å². The molecule has 0 saturated carbocycles. The van der Waals surface area contributed by atoms with Crippen LogP contribution in [-0.4, -0.2) is 30.7 Å². The second-order valence-corrected chi connectivity index (χ2v) is 8.07. The van der Waals surface area contributed by atoms with E-state index in [2.05, 4.69) is 34.8 Å². The summed E-state index contributed by atoms with van der Waals surface area (Å²) in [6, 6.07) is 14.4. The molecule has 30 heavy (non-hydrogen) atoms. The van der Waals surface area contributed by atoms with Crippen molar-refractivity contribution in [3.63, 3.8) is 0 Å². The molecule has 5 heteroatoms. The van der Waals surface area contributed by atoms with E-state index in [4.69, 9.17) is 4.74 Å². The molecule has 0 bridgehead atoms. The van der Waals surface area contributed by atoms with Crippen molar-refractivity contribution in [2.75, 3.05) is 25.2 Å². The van der Waals surface area contributed by atoms with Crippen molar-refractivity contribution in [2.24, 2.45) is 5.92 Å². The molecule has 0 amide bonds. The van der Waals surface area contributed by atoms with Gasteiger partial charge in [-0.2, -0.15) is 0 Å². The van der Waals surface area contributed by atoms with Crippen molar-refractivity contribution in [1.82, 2.24) is 4.68 Å². The van der Waals surface area contributed by atoms with Crippen LogP contribution in [0.4, 0.5) is 4.39 Å². The van der Waals surface area contributed by atoms with Gasteiger partial charge in [-0.05, 0) is 74.2 Å². The Labute approximate surface area is 177 Å². The summed E-state index contributed by atoms with van der Waals surface area (Å²) < 4.78 is 21.0. The monoisotopic (exact) mass is 408 g/mol. The van der Waals surface area contributed by atoms with Crippen molar-refractivity contribution >= 4 is 16.7 Å². The molecule has 1 unspecified atom stereocenters. The molecule has 1 saturated heterocycles. The minimum atomic E-state index is -0.307. The van der Waals surface area contributed by atoms with E-state index < -0.39 is 0 Å². The SMILES string of the molecule is CCCc1cc2cc(OC)ccc2n1N1CCCC(C(=O)c2ccc(F)cc2)CC1. The third kappa shape index (κ3) is 4.07. The minimum Gasteiger partial charge on any atom is -0.497 e. The summed E-state index contributed by atoms with van der Waals surface area (Å²) in [6.07, 6.45) is 4.71. The van der Waals surface area contributed by atoms with Crippen molar-refractivity contribution < 1.29 is 13.9 Å². The number of aromatic nitrogens is 1. The Hall–Kier alpha value is -2.82. The molecular weight excluding hydrogens is 379 g/mol. The molecule has 0 spiro atoms. The van der Waals surface area contributed by atoms with E-state index in [-0.39, 0.29) is 17.5 Å². The first-order valence-electron chi connectivity index (χ1n) is 10.8. The maximum absolute atomic E-state index is 13.2. The molecule has 2 aromatic carbocycles. The Morgan fingerprint density at radius 2 is 1.90 bits per heavy atom. The van der Waals surface area contributed by atoms with Gasteiger partial charge in [-0.1, -0.05) is 13.3 Å². The molecule has 1 aliphatic rings. The van der Waals surface area contributed by atoms with E-state index in [1.165, 1.54) is 28.7 Å². The number of aryl methyl sites for hydroxylation is 1. The van der Waals surface area contributed by atoms with Crippen molar-refractivity contribution in [3.05, 3.63) is 65.6 Å². The van der Waals surface area contributed by atoms with Gasteiger partial charge in [0.25, 0.3) is 0 Å². The first kappa shape index (κ1) is 20.5. The maximum atomic E-state index is 13.2. The molecular formula is C25H29FN2O2. The van der Waals surface area contributed by atoms with Gasteiger partial charge in [0.2, 0.25) is 0 Å². The van der Waals surface area contributed by atoms with Gasteiger partial charge in [0, 0.05) is 35.7 Å². The molecule has 0 aliphatic carbocycles. The summed E-state index contributed by atoms with van der Waals surface area (Å²) in [6.45, 7) is 3.94. The number of Topliss-reactive ketones (excluding diaryl/α,β-unsaturated/α-hetero) is 1. The standard InChI is InChI=1S/C25H29FN2O2/c1-3-5-22-16-20-17-23(30-2)11-12-24(20)28(22)27-14-4-6-18(13-15-27)25(29)19-7-9-21(26)10-8-19/h7-12,16-18H,3-6,13-15H2,1-2H3. The van der Waals surface area contributed by atoms with Gasteiger partial charge in [-0.15, -0.1) is 0 Å². The first-order valence-corrected chi connectivity index (χ1v) is 10.8. The molecule has 3 aromatic rings. The Kier molecular flexibility index (Phi) is 6.07. The largest absolute Gasteiger partial charge is 0.497 e. The number of hydrogen-bond donors (Lipinski definition) is 0. The van der Waals surface area contributed by atoms with Gasteiger partial charge < -0.3 is 9.75 Å². The number of benzene rings is 2. The van der Waals surface area contributed by atoms with E-state index in [9.17, 15) is 9.18 Å². The van der Waals surface area contributed by atoms with Gasteiger partial charge in [0.15, 0.2) is 5.78 Å². The predicted octanol–water partition coefficient (Wildman–Crippen LogP) is 5.36. The number of carbonyl (C=O) groups is 1. The average molecular weight is 409 g/mol. The summed E-state index contributed by atoms with van der Waals surface area (Å²) in [7, 11) is 1.69. The summed E-state index contributed by atoms with van der Waals surface area (Å²) in [4.78, 5) is 12.9. The van der Waals surface area contributed by atoms with Gasteiger partial charge in [0.05, 0.1) is 12.6 Å². The number of nitrogens with zero attached hydrogens (tertiary/aromatic N) is 2. The second kappa shape index (κ2) is 8.90. The van der Waals surface area contributed by atoms with E-state index in [0.717, 1.165) is 50.9 Å². The van der Waals surface area contributed by atoms with Gasteiger partial charge in [-0.25, -0.2) is 4.39 Å². The van der Waals surface area contributed by atoms with Crippen LogP contribution in [0.1, 0.15) is 48.7 Å². The molecule has 4 nitrogen and oxygen atoms in total. The molecule has 0 radical (unpaired) electrons. The number of rotatable bonds is 6. The molecule has 1 fully saturated rings. The average Bonchev–Trinajstić information content (AvgIpc) is 2.94. The lowest BCUT2D eigenvalue weighted by molar-refractivity contribution is 0.0910. The van der Waals surface area contributed by atoms with Crippen LogP contribution >= 0.6 is 0 Å². The Balaban J connectivity index is 1.58. The molecule has 4 rings (SSSR count). The summed E-state index contributed by atoms with van der Waals surface area (Å²) in [5.74, 6) is 0.673. The first-order chi connectivity index (χ1) is 14.6. The lowest BCUT2D eigenvalue weighted by Gasteiger charge is -2.28. The third-order valence-electron chi connectivity index (χ3n) is 6.05. The molecule has 1 aromatic heterocycles. The van der Waals surface area contributed by atoms with Crippen LogP contribution in [0.25, 0.3) is 10.9 Å². The number of fused-ring (bicyclic) bond motifs is 1. The van der Waals surface area contributed by atoms with Crippen molar-refractivity contribution in [3.8, 4) is 5.75 Å². The molecule has 1 aliphatic heterocycles. The number of halogens is 1. The van der Waals surface area contributed by atoms with Crippen LogP contribution in [0.15, 0.2) is 48.5 Å². The van der Waals surface area contributed by atoms with Gasteiger partial charge >= 0.3 is 0 Å². The Morgan fingerprint density at radius 3 is 2.63 bits per heavy atom. The summed E-state index contributed by atoms with van der Waals surface area (Å²) in [5, 5.41) is 3.57. The fourth-order valence-electron chi connectivity index (χ4n) is 4.52. The number of hydrogen-bond acceptors (Lipinski definition) is 3. The van der Waals surface area contributed by atoms with Crippen LogP contribution in [0.2, 0.25) is 0 Å². The predicted molar refractivity (Wildman–Crippen MR) is 119 cm³/mol. The van der Waals surface area contributed by atoms with Crippen molar-refractivity contribution in [2.45, 2.75) is 39.0 Å². The van der Waals surface area contributed by atoms with E-state index >= 15 is 0 Å². The summed E-state index contributed by atoms with van der Waals surface area (Å²) >= 11 is 0. The highest BCUT2D eigenvalue weighted by Gasteiger charge is 2.25. The molecule has 158 valence electrons. The van der Waals surface area contributed by atoms with Crippen LogP contribution in [0, 0.1) is 11.7 Å². The quantitative estimate of drug-likeness (QED) is 0.515. The zero-order valence-electron chi connectivity index (χ0n) is 17.7. The Morgan fingerprint density at radius 1 is 1.10 bits per heavy atom. The van der Waals surface area contributed by atoms with E-state index in [1.54, 1.807) is 19.2 Å². The third-order valence-corrected chi connectivity index (χ3v) is 6.05. The van der Waals surface area contributed by atoms with Crippen LogP contribution < -0.4 is 9.75 Å². The number of carbonyl (C=O) groups excluding carboxylic acids is 1. The minimum absolute atomic E-state index is 0.0167. The highest BCUT2D eigenvalue weighted by atomic mass is 19.1. The van der Waals surface area contributed by atoms with Crippen molar-refractivity contribution in [1.29, 1.82) is 0 Å². The Bertz CT molecular complexity index is 1030. The topological polar surface area (TPSA) is 34.5 Å². The zero-order valence-corrected chi connectivity index (χ0v) is 17.7. The molecule has 0 N–H and O–H groups in total. The number of ether oxygens (including phenoxy) is 1. The lowest BCUT2D eigenvalue weighted by atomic mass is 9.91. The second-order valence-electron chi connectivity index (χ2n) is 8.07. The normalized spacial score (nSPS) is 17.2. The maximum Gasteiger partial charge on any atom is 0.166 e. The highest BCUT2D eigenvalue weighted by Crippen LogP contribution is 2.28. The van der Waals surface area contributed by atoms with Crippen LogP contribution in [-0.2, 0) is 6.42 Å². The fourth-order valence-corrected chi connectivity index (χ4v) is 4.52. The van der Waals surface area contributed by atoms with E-state index in [1.807, 2.05) is 6.07 Å². The fraction of sp³-hybridized carbons (Fsp3) is 0.400. The highest BCUT2D eigenvalue weighted by molar-refractivity contribution is 5.97. The summed E-state index contributed by atoms with van der Waals surface area (Å²) in [5.41, 5.74) is 3.09. The molecule has 2 heterocycles. The number of ketones is 1. The number of methoxy groups -OCH3 is 1. The van der Waals surface area contributed by atoms with Gasteiger partial charge in [-0.3, -0.25) is 9.47 Å². The zero-order chi connectivity index (χ0) is 21.1. The van der Waals surface area contributed by atoms with Crippen LogP contribution in [0.3, 0.4) is 0 Å². The smallest absolute Gasteiger partial charge is 0.166 e.